The number of ether oxygens (including phenoxy) is 2. The van der Waals surface area contributed by atoms with Gasteiger partial charge in [0.1, 0.15) is 19.0 Å². The van der Waals surface area contributed by atoms with E-state index in [0.29, 0.717) is 19.1 Å². The summed E-state index contributed by atoms with van der Waals surface area (Å²) in [6, 6.07) is 16.5. The van der Waals surface area contributed by atoms with Crippen LogP contribution in [0.2, 0.25) is 0 Å². The van der Waals surface area contributed by atoms with E-state index >= 15 is 0 Å². The van der Waals surface area contributed by atoms with Gasteiger partial charge in [-0.05, 0) is 37.1 Å². The molecular formula is C27H33N5O2. The largest absolute Gasteiger partial charge is 0.486 e. The van der Waals surface area contributed by atoms with Crippen molar-refractivity contribution in [3.8, 4) is 17.2 Å². The van der Waals surface area contributed by atoms with Gasteiger partial charge in [0.05, 0.1) is 17.1 Å². The van der Waals surface area contributed by atoms with Crippen LogP contribution in [0.5, 0.6) is 11.5 Å². The zero-order chi connectivity index (χ0) is 22.9. The van der Waals surface area contributed by atoms with Gasteiger partial charge in [-0.1, -0.05) is 37.1 Å². The molecule has 6 rings (SSSR count). The highest BCUT2D eigenvalue weighted by atomic mass is 16.6. The van der Waals surface area contributed by atoms with E-state index in [1.165, 1.54) is 36.9 Å². The molecule has 34 heavy (non-hydrogen) atoms. The summed E-state index contributed by atoms with van der Waals surface area (Å²) in [5.41, 5.74) is 11.4. The normalized spacial score (nSPS) is 19.0. The van der Waals surface area contributed by atoms with Crippen LogP contribution in [0.3, 0.4) is 0 Å². The number of aromatic nitrogens is 2. The van der Waals surface area contributed by atoms with Crippen molar-refractivity contribution in [1.29, 1.82) is 0 Å². The predicted molar refractivity (Wildman–Crippen MR) is 134 cm³/mol. The molecule has 2 N–H and O–H groups in total. The first-order valence-corrected chi connectivity index (χ1v) is 12.6. The topological polar surface area (TPSA) is 68.8 Å². The standard InChI is InChI=1S/C27H33N5O2/c28-27-22(25(20-7-4-5-8-20)29-32(27)21-9-2-1-3-10-21)19-30-13-15-31(16-14-30)23-11-6-12-24-26(23)34-18-17-33-24/h1-3,6,9-12,20H,4-5,7-8,13-19,28H2. The maximum atomic E-state index is 6.75. The van der Waals surface area contributed by atoms with Gasteiger partial charge in [-0.3, -0.25) is 4.90 Å². The second kappa shape index (κ2) is 9.22. The third-order valence-corrected chi connectivity index (χ3v) is 7.44. The Kier molecular flexibility index (Phi) is 5.79. The number of rotatable bonds is 5. The van der Waals surface area contributed by atoms with Gasteiger partial charge in [-0.2, -0.15) is 5.10 Å². The molecule has 3 heterocycles. The number of fused-ring (bicyclic) bond motifs is 1. The van der Waals surface area contributed by atoms with Gasteiger partial charge in [0.2, 0.25) is 0 Å². The molecule has 0 spiro atoms. The summed E-state index contributed by atoms with van der Waals surface area (Å²) < 4.78 is 13.7. The van der Waals surface area contributed by atoms with Crippen LogP contribution in [0.25, 0.3) is 5.69 Å². The van der Waals surface area contributed by atoms with Crippen molar-refractivity contribution in [2.45, 2.75) is 38.1 Å². The van der Waals surface area contributed by atoms with E-state index in [2.05, 4.69) is 34.1 Å². The lowest BCUT2D eigenvalue weighted by Gasteiger charge is -2.37. The Labute approximate surface area is 201 Å². The van der Waals surface area contributed by atoms with Gasteiger partial charge in [-0.25, -0.2) is 4.68 Å². The summed E-state index contributed by atoms with van der Waals surface area (Å²) in [4.78, 5) is 4.93. The van der Waals surface area contributed by atoms with Crippen LogP contribution in [-0.4, -0.2) is 54.1 Å². The van der Waals surface area contributed by atoms with E-state index in [1.807, 2.05) is 28.9 Å². The Bertz CT molecular complexity index is 1130. The van der Waals surface area contributed by atoms with Crippen LogP contribution in [0.4, 0.5) is 11.5 Å². The summed E-state index contributed by atoms with van der Waals surface area (Å²) in [6.07, 6.45) is 5.00. The number of piperazine rings is 1. The smallest absolute Gasteiger partial charge is 0.184 e. The van der Waals surface area contributed by atoms with Crippen LogP contribution in [0, 0.1) is 0 Å². The minimum absolute atomic E-state index is 0.525. The van der Waals surface area contributed by atoms with Crippen LogP contribution in [-0.2, 0) is 6.54 Å². The summed E-state index contributed by atoms with van der Waals surface area (Å²) in [5.74, 6) is 3.06. The van der Waals surface area contributed by atoms with Crippen molar-refractivity contribution in [2.24, 2.45) is 0 Å². The van der Waals surface area contributed by atoms with Gasteiger partial charge in [0, 0.05) is 44.2 Å². The lowest BCUT2D eigenvalue weighted by Crippen LogP contribution is -2.46. The number of benzene rings is 2. The first kappa shape index (κ1) is 21.4. The molecule has 1 saturated heterocycles. The molecule has 2 aromatic carbocycles. The zero-order valence-corrected chi connectivity index (χ0v) is 19.7. The number of anilines is 2. The summed E-state index contributed by atoms with van der Waals surface area (Å²) in [7, 11) is 0. The number of nitrogen functional groups attached to an aromatic ring is 1. The van der Waals surface area contributed by atoms with E-state index in [4.69, 9.17) is 20.3 Å². The molecule has 2 aliphatic heterocycles. The Balaban J connectivity index is 1.21. The molecule has 178 valence electrons. The number of nitrogens with two attached hydrogens (primary N) is 1. The molecule has 1 saturated carbocycles. The van der Waals surface area contributed by atoms with Crippen molar-refractivity contribution >= 4 is 11.5 Å². The quantitative estimate of drug-likeness (QED) is 0.617. The number of nitrogens with zero attached hydrogens (tertiary/aromatic N) is 4. The van der Waals surface area contributed by atoms with Crippen molar-refractivity contribution in [2.75, 3.05) is 50.0 Å². The Morgan fingerprint density at radius 3 is 2.44 bits per heavy atom. The van der Waals surface area contributed by atoms with Gasteiger partial charge in [-0.15, -0.1) is 0 Å². The molecule has 0 unspecified atom stereocenters. The molecule has 0 radical (unpaired) electrons. The molecule has 7 heteroatoms. The maximum absolute atomic E-state index is 6.75. The van der Waals surface area contributed by atoms with Crippen LogP contribution in [0.1, 0.15) is 42.9 Å². The van der Waals surface area contributed by atoms with Crippen LogP contribution < -0.4 is 20.1 Å². The van der Waals surface area contributed by atoms with Crippen molar-refractivity contribution in [3.63, 3.8) is 0 Å². The second-order valence-corrected chi connectivity index (χ2v) is 9.54. The number of hydrogen-bond acceptors (Lipinski definition) is 6. The second-order valence-electron chi connectivity index (χ2n) is 9.54. The van der Waals surface area contributed by atoms with E-state index in [-0.39, 0.29) is 0 Å². The summed E-state index contributed by atoms with van der Waals surface area (Å²) >= 11 is 0. The van der Waals surface area contributed by atoms with Crippen molar-refractivity contribution in [3.05, 3.63) is 59.8 Å². The van der Waals surface area contributed by atoms with E-state index in [0.717, 1.165) is 61.4 Å². The first-order chi connectivity index (χ1) is 16.8. The molecule has 1 aliphatic carbocycles. The Morgan fingerprint density at radius 2 is 1.65 bits per heavy atom. The molecule has 1 aromatic heterocycles. The fraction of sp³-hybridized carbons (Fsp3) is 0.444. The van der Waals surface area contributed by atoms with E-state index in [9.17, 15) is 0 Å². The molecule has 3 aliphatic rings. The monoisotopic (exact) mass is 459 g/mol. The Hall–Kier alpha value is -3.19. The molecule has 7 nitrogen and oxygen atoms in total. The summed E-state index contributed by atoms with van der Waals surface area (Å²) in [5, 5.41) is 5.06. The number of hydrogen-bond donors (Lipinski definition) is 1. The fourth-order valence-corrected chi connectivity index (χ4v) is 5.61. The minimum Gasteiger partial charge on any atom is -0.486 e. The van der Waals surface area contributed by atoms with Gasteiger partial charge >= 0.3 is 0 Å². The van der Waals surface area contributed by atoms with Gasteiger partial charge < -0.3 is 20.1 Å². The third-order valence-electron chi connectivity index (χ3n) is 7.44. The van der Waals surface area contributed by atoms with Crippen LogP contribution in [0.15, 0.2) is 48.5 Å². The summed E-state index contributed by atoms with van der Waals surface area (Å²) in [6.45, 7) is 5.93. The molecular weight excluding hydrogens is 426 g/mol. The predicted octanol–water partition coefficient (Wildman–Crippen LogP) is 4.21. The SMILES string of the molecule is Nc1c(CN2CCN(c3cccc4c3OCCO4)CC2)c(C2CCCC2)nn1-c1ccccc1. The maximum Gasteiger partial charge on any atom is 0.184 e. The molecule has 3 aromatic rings. The average Bonchev–Trinajstić information content (AvgIpc) is 3.53. The average molecular weight is 460 g/mol. The molecule has 0 atom stereocenters. The third kappa shape index (κ3) is 3.98. The van der Waals surface area contributed by atoms with Crippen LogP contribution >= 0.6 is 0 Å². The lowest BCUT2D eigenvalue weighted by atomic mass is 9.99. The Morgan fingerprint density at radius 1 is 0.882 bits per heavy atom. The minimum atomic E-state index is 0.525. The lowest BCUT2D eigenvalue weighted by molar-refractivity contribution is 0.171. The first-order valence-electron chi connectivity index (χ1n) is 12.6. The molecule has 0 bridgehead atoms. The number of para-hydroxylation sites is 2. The highest BCUT2D eigenvalue weighted by molar-refractivity contribution is 5.65. The van der Waals surface area contributed by atoms with E-state index in [1.54, 1.807) is 0 Å². The van der Waals surface area contributed by atoms with E-state index < -0.39 is 0 Å². The van der Waals surface area contributed by atoms with Gasteiger partial charge in [0.15, 0.2) is 11.5 Å². The zero-order valence-electron chi connectivity index (χ0n) is 19.7. The van der Waals surface area contributed by atoms with Crippen molar-refractivity contribution in [1.82, 2.24) is 14.7 Å². The molecule has 2 fully saturated rings. The highest BCUT2D eigenvalue weighted by Crippen LogP contribution is 2.40. The fourth-order valence-electron chi connectivity index (χ4n) is 5.61. The van der Waals surface area contributed by atoms with Crippen molar-refractivity contribution < 1.29 is 9.47 Å². The van der Waals surface area contributed by atoms with Gasteiger partial charge in [0.25, 0.3) is 0 Å². The molecule has 0 amide bonds. The highest BCUT2D eigenvalue weighted by Gasteiger charge is 2.29.